The molecule has 110 valence electrons. The van der Waals surface area contributed by atoms with E-state index in [1.54, 1.807) is 12.4 Å². The largest absolute Gasteiger partial charge is 0.481 e. The van der Waals surface area contributed by atoms with Gasteiger partial charge in [-0.05, 0) is 32.7 Å². The van der Waals surface area contributed by atoms with Crippen LogP contribution in [0, 0.1) is 12.3 Å². The molecule has 0 amide bonds. The van der Waals surface area contributed by atoms with Gasteiger partial charge in [0.15, 0.2) is 0 Å². The fourth-order valence-electron chi connectivity index (χ4n) is 3.13. The van der Waals surface area contributed by atoms with Crippen LogP contribution in [0.2, 0.25) is 0 Å². The van der Waals surface area contributed by atoms with Crippen molar-refractivity contribution in [3.8, 4) is 0 Å². The second-order valence-electron chi connectivity index (χ2n) is 5.74. The van der Waals surface area contributed by atoms with Crippen molar-refractivity contribution in [3.63, 3.8) is 0 Å². The summed E-state index contributed by atoms with van der Waals surface area (Å²) in [5.74, 6) is -0.653. The number of piperidine rings is 1. The van der Waals surface area contributed by atoms with Crippen LogP contribution in [-0.2, 0) is 11.3 Å². The number of likely N-dealkylation sites (tertiary alicyclic amines) is 1. The predicted molar refractivity (Wildman–Crippen MR) is 76.3 cm³/mol. The molecule has 0 aliphatic carbocycles. The van der Waals surface area contributed by atoms with Crippen molar-refractivity contribution in [2.75, 3.05) is 13.1 Å². The van der Waals surface area contributed by atoms with Crippen LogP contribution in [0.1, 0.15) is 44.0 Å². The minimum absolute atomic E-state index is 0.580. The molecular formula is C15H23N3O2. The quantitative estimate of drug-likeness (QED) is 0.894. The molecule has 1 aliphatic rings. The highest BCUT2D eigenvalue weighted by Crippen LogP contribution is 2.35. The molecule has 1 N–H and O–H groups in total. The Bertz CT molecular complexity index is 474. The average Bonchev–Trinajstić information content (AvgIpc) is 2.42. The molecule has 0 spiro atoms. The van der Waals surface area contributed by atoms with Crippen molar-refractivity contribution in [3.05, 3.63) is 23.8 Å². The molecule has 0 saturated carbocycles. The van der Waals surface area contributed by atoms with Gasteiger partial charge >= 0.3 is 5.97 Å². The van der Waals surface area contributed by atoms with E-state index in [0.717, 1.165) is 43.6 Å². The summed E-state index contributed by atoms with van der Waals surface area (Å²) in [5.41, 5.74) is 1.29. The first-order valence-corrected chi connectivity index (χ1v) is 7.29. The molecule has 0 bridgehead atoms. The molecule has 1 aromatic rings. The van der Waals surface area contributed by atoms with Crippen LogP contribution in [0.3, 0.4) is 0 Å². The van der Waals surface area contributed by atoms with E-state index >= 15 is 0 Å². The summed E-state index contributed by atoms with van der Waals surface area (Å²) in [7, 11) is 0. The summed E-state index contributed by atoms with van der Waals surface area (Å²) in [6.45, 7) is 6.25. The predicted octanol–water partition coefficient (Wildman–Crippen LogP) is 2.25. The van der Waals surface area contributed by atoms with Crippen LogP contribution in [0.15, 0.2) is 12.4 Å². The van der Waals surface area contributed by atoms with Gasteiger partial charge in [0, 0.05) is 25.5 Å². The lowest BCUT2D eigenvalue weighted by Crippen LogP contribution is -2.47. The highest BCUT2D eigenvalue weighted by atomic mass is 16.4. The monoisotopic (exact) mass is 277 g/mol. The number of carboxylic acid groups (broad SMARTS) is 1. The summed E-state index contributed by atoms with van der Waals surface area (Å²) in [5, 5.41) is 9.60. The van der Waals surface area contributed by atoms with Gasteiger partial charge in [-0.25, -0.2) is 0 Å². The van der Waals surface area contributed by atoms with Gasteiger partial charge in [-0.3, -0.25) is 19.7 Å². The highest BCUT2D eigenvalue weighted by molar-refractivity contribution is 5.75. The number of rotatable bonds is 5. The molecule has 1 aliphatic heterocycles. The zero-order valence-corrected chi connectivity index (χ0v) is 12.3. The van der Waals surface area contributed by atoms with Crippen molar-refractivity contribution in [2.24, 2.45) is 5.41 Å². The fraction of sp³-hybridized carbons (Fsp3) is 0.667. The van der Waals surface area contributed by atoms with Gasteiger partial charge < -0.3 is 5.11 Å². The van der Waals surface area contributed by atoms with Crippen LogP contribution in [0.5, 0.6) is 0 Å². The lowest BCUT2D eigenvalue weighted by molar-refractivity contribution is -0.153. The van der Waals surface area contributed by atoms with E-state index in [2.05, 4.69) is 21.8 Å². The van der Waals surface area contributed by atoms with Crippen molar-refractivity contribution < 1.29 is 9.90 Å². The minimum Gasteiger partial charge on any atom is -0.481 e. The molecule has 2 heterocycles. The van der Waals surface area contributed by atoms with Crippen LogP contribution in [-0.4, -0.2) is 39.0 Å². The van der Waals surface area contributed by atoms with Gasteiger partial charge in [0.2, 0.25) is 0 Å². The van der Waals surface area contributed by atoms with Crippen LogP contribution < -0.4 is 0 Å². The molecule has 2 rings (SSSR count). The molecule has 0 unspecified atom stereocenters. The second kappa shape index (κ2) is 6.31. The number of carboxylic acids is 1. The first kappa shape index (κ1) is 14.9. The lowest BCUT2D eigenvalue weighted by atomic mass is 9.76. The second-order valence-corrected chi connectivity index (χ2v) is 5.74. The van der Waals surface area contributed by atoms with Gasteiger partial charge in [0.05, 0.1) is 16.8 Å². The van der Waals surface area contributed by atoms with Gasteiger partial charge in [-0.15, -0.1) is 0 Å². The zero-order valence-electron chi connectivity index (χ0n) is 12.3. The van der Waals surface area contributed by atoms with Crippen LogP contribution in [0.4, 0.5) is 0 Å². The Kier molecular flexibility index (Phi) is 4.70. The summed E-state index contributed by atoms with van der Waals surface area (Å²) >= 11 is 0. The SMILES string of the molecule is CCC[C@@]1(C(=O)O)CCCN(Cc2nccnc2C)C1. The highest BCUT2D eigenvalue weighted by Gasteiger charge is 2.41. The van der Waals surface area contributed by atoms with Crippen molar-refractivity contribution in [1.29, 1.82) is 0 Å². The third-order valence-electron chi connectivity index (χ3n) is 4.19. The molecule has 0 radical (unpaired) electrons. The number of aromatic nitrogens is 2. The smallest absolute Gasteiger partial charge is 0.310 e. The molecule has 5 heteroatoms. The Morgan fingerprint density at radius 3 is 2.85 bits per heavy atom. The zero-order chi connectivity index (χ0) is 14.6. The standard InChI is InChI=1S/C15H23N3O2/c1-3-5-15(14(19)20)6-4-9-18(11-15)10-13-12(2)16-7-8-17-13/h7-8H,3-6,9-11H2,1-2H3,(H,19,20)/t15-/m1/s1. The average molecular weight is 277 g/mol. The van der Waals surface area contributed by atoms with E-state index in [-0.39, 0.29) is 0 Å². The maximum Gasteiger partial charge on any atom is 0.310 e. The Balaban J connectivity index is 2.10. The van der Waals surface area contributed by atoms with Crippen LogP contribution in [0.25, 0.3) is 0 Å². The van der Waals surface area contributed by atoms with Gasteiger partial charge in [0.25, 0.3) is 0 Å². The van der Waals surface area contributed by atoms with Crippen molar-refractivity contribution >= 4 is 5.97 Å². The summed E-state index contributed by atoms with van der Waals surface area (Å²) < 4.78 is 0. The van der Waals surface area contributed by atoms with E-state index in [0.29, 0.717) is 13.1 Å². The Morgan fingerprint density at radius 1 is 1.45 bits per heavy atom. The molecule has 1 aromatic heterocycles. The first-order chi connectivity index (χ1) is 9.57. The number of aryl methyl sites for hydroxylation is 1. The Labute approximate surface area is 120 Å². The summed E-state index contributed by atoms with van der Waals surface area (Å²) in [6.07, 6.45) is 6.76. The van der Waals surface area contributed by atoms with E-state index in [4.69, 9.17) is 0 Å². The number of carbonyl (C=O) groups is 1. The van der Waals surface area contributed by atoms with Crippen molar-refractivity contribution in [2.45, 2.75) is 46.1 Å². The number of hydrogen-bond donors (Lipinski definition) is 1. The number of aliphatic carboxylic acids is 1. The molecule has 1 atom stereocenters. The third kappa shape index (κ3) is 3.15. The van der Waals surface area contributed by atoms with E-state index in [1.807, 2.05) is 6.92 Å². The molecule has 5 nitrogen and oxygen atoms in total. The third-order valence-corrected chi connectivity index (χ3v) is 4.19. The summed E-state index contributed by atoms with van der Waals surface area (Å²) in [4.78, 5) is 22.5. The number of nitrogens with zero attached hydrogens (tertiary/aromatic N) is 3. The topological polar surface area (TPSA) is 66.3 Å². The fourth-order valence-corrected chi connectivity index (χ4v) is 3.13. The first-order valence-electron chi connectivity index (χ1n) is 7.29. The Hall–Kier alpha value is -1.49. The molecule has 0 aromatic carbocycles. The summed E-state index contributed by atoms with van der Waals surface area (Å²) in [6, 6.07) is 0. The minimum atomic E-state index is -0.653. The molecular weight excluding hydrogens is 254 g/mol. The number of hydrogen-bond acceptors (Lipinski definition) is 4. The molecule has 1 fully saturated rings. The lowest BCUT2D eigenvalue weighted by Gasteiger charge is -2.39. The maximum absolute atomic E-state index is 11.7. The van der Waals surface area contributed by atoms with Gasteiger partial charge in [-0.1, -0.05) is 13.3 Å². The van der Waals surface area contributed by atoms with E-state index in [9.17, 15) is 9.90 Å². The molecule has 1 saturated heterocycles. The van der Waals surface area contributed by atoms with E-state index < -0.39 is 11.4 Å². The van der Waals surface area contributed by atoms with Crippen LogP contribution >= 0.6 is 0 Å². The maximum atomic E-state index is 11.7. The van der Waals surface area contributed by atoms with E-state index in [1.165, 1.54) is 0 Å². The Morgan fingerprint density at radius 2 is 2.20 bits per heavy atom. The van der Waals surface area contributed by atoms with Gasteiger partial charge in [-0.2, -0.15) is 0 Å². The van der Waals surface area contributed by atoms with Gasteiger partial charge in [0.1, 0.15) is 0 Å². The normalized spacial score (nSPS) is 23.7. The molecule has 20 heavy (non-hydrogen) atoms. The van der Waals surface area contributed by atoms with Crippen molar-refractivity contribution in [1.82, 2.24) is 14.9 Å².